The minimum Gasteiger partial charge on any atom is -0.399 e. The Morgan fingerprint density at radius 3 is 1.50 bits per heavy atom. The van der Waals surface area contributed by atoms with Gasteiger partial charge in [0, 0.05) is 19.9 Å². The molecule has 0 aromatic heterocycles. The highest BCUT2D eigenvalue weighted by Crippen LogP contribution is 1.87. The van der Waals surface area contributed by atoms with Gasteiger partial charge in [0.2, 0.25) is 0 Å². The molecule has 0 spiro atoms. The molecule has 4 nitrogen and oxygen atoms in total. The highest BCUT2D eigenvalue weighted by molar-refractivity contribution is 6.46. The van der Waals surface area contributed by atoms with Crippen molar-refractivity contribution in [2.24, 2.45) is 11.5 Å². The lowest BCUT2D eigenvalue weighted by Crippen LogP contribution is -2.39. The van der Waals surface area contributed by atoms with Crippen molar-refractivity contribution in [2.45, 2.75) is 12.6 Å². The molecule has 0 aromatic rings. The maximum absolute atomic E-state index is 5.47. The quantitative estimate of drug-likeness (QED) is 0.525. The Morgan fingerprint density at radius 1 is 1.20 bits per heavy atom. The normalized spacial score (nSPS) is 12.3. The molecule has 64 valence electrons. The summed E-state index contributed by atoms with van der Waals surface area (Å²) in [6.07, 6.45) is 0. The smallest absolute Gasteiger partial charge is 0.337 e. The molecule has 0 aliphatic rings. The average molecular weight is 166 g/mol. The van der Waals surface area contributed by atoms with Crippen LogP contribution < -0.4 is 11.5 Å². The van der Waals surface area contributed by atoms with Crippen LogP contribution in [0.15, 0.2) is 0 Å². The van der Waals surface area contributed by atoms with Gasteiger partial charge in [-0.25, -0.2) is 0 Å². The molecular formula is C5H18N2O2Si. The molecule has 0 rings (SSSR count). The summed E-state index contributed by atoms with van der Waals surface area (Å²) in [5, 5.41) is 0. The first kappa shape index (κ1) is 12.7. The standard InChI is InChI=1S/C4H13NO2Si.CH5N/c1-4(5)8(6-2)7-3;1-2/h4,8H,5H2,1-3H3;2H2,1H3. The van der Waals surface area contributed by atoms with Crippen LogP contribution in [0.25, 0.3) is 0 Å². The van der Waals surface area contributed by atoms with Crippen LogP contribution in [0.1, 0.15) is 6.92 Å². The predicted molar refractivity (Wildman–Crippen MR) is 44.9 cm³/mol. The second kappa shape index (κ2) is 9.06. The van der Waals surface area contributed by atoms with Gasteiger partial charge < -0.3 is 20.3 Å². The number of hydrogen-bond donors (Lipinski definition) is 2. The van der Waals surface area contributed by atoms with Crippen LogP contribution in [0, 0.1) is 0 Å². The van der Waals surface area contributed by atoms with E-state index in [-0.39, 0.29) is 5.67 Å². The monoisotopic (exact) mass is 166 g/mol. The van der Waals surface area contributed by atoms with Crippen molar-refractivity contribution >= 4 is 9.28 Å². The topological polar surface area (TPSA) is 70.5 Å². The third-order valence-electron chi connectivity index (χ3n) is 0.894. The summed E-state index contributed by atoms with van der Waals surface area (Å²) in [4.78, 5) is 0. The summed E-state index contributed by atoms with van der Waals surface area (Å²) in [5.41, 5.74) is 10.0. The molecular weight excluding hydrogens is 148 g/mol. The average Bonchev–Trinajstić information content (AvgIpc) is 1.94. The first-order valence-corrected chi connectivity index (χ1v) is 4.72. The fraction of sp³-hybridized carbons (Fsp3) is 1.00. The van der Waals surface area contributed by atoms with Gasteiger partial charge in [-0.2, -0.15) is 0 Å². The Bertz CT molecular complexity index is 59.6. The summed E-state index contributed by atoms with van der Waals surface area (Å²) in [6, 6.07) is 0. The van der Waals surface area contributed by atoms with E-state index in [1.807, 2.05) is 6.92 Å². The molecule has 10 heavy (non-hydrogen) atoms. The van der Waals surface area contributed by atoms with Crippen LogP contribution in [0.2, 0.25) is 0 Å². The molecule has 0 aliphatic carbocycles. The van der Waals surface area contributed by atoms with Crippen molar-refractivity contribution < 1.29 is 8.85 Å². The number of hydrogen-bond acceptors (Lipinski definition) is 4. The maximum atomic E-state index is 5.47. The highest BCUT2D eigenvalue weighted by Gasteiger charge is 2.13. The molecule has 0 saturated carbocycles. The SMILES string of the molecule is CN.CO[SiH](OC)C(C)N. The lowest BCUT2D eigenvalue weighted by Gasteiger charge is -2.13. The van der Waals surface area contributed by atoms with Crippen molar-refractivity contribution in [3.63, 3.8) is 0 Å². The Kier molecular flexibility index (Phi) is 11.5. The van der Waals surface area contributed by atoms with E-state index < -0.39 is 9.28 Å². The molecule has 1 unspecified atom stereocenters. The molecule has 0 aliphatic heterocycles. The third-order valence-corrected chi connectivity index (χ3v) is 2.68. The lowest BCUT2D eigenvalue weighted by molar-refractivity contribution is 0.269. The highest BCUT2D eigenvalue weighted by atomic mass is 28.3. The van der Waals surface area contributed by atoms with Gasteiger partial charge >= 0.3 is 9.28 Å². The third kappa shape index (κ3) is 6.18. The Balaban J connectivity index is 0. The predicted octanol–water partition coefficient (Wildman–Crippen LogP) is -1.04. The van der Waals surface area contributed by atoms with Gasteiger partial charge in [-0.15, -0.1) is 0 Å². The van der Waals surface area contributed by atoms with Crippen molar-refractivity contribution in [2.75, 3.05) is 21.3 Å². The molecule has 0 radical (unpaired) electrons. The van der Waals surface area contributed by atoms with Gasteiger partial charge in [0.15, 0.2) is 0 Å². The van der Waals surface area contributed by atoms with Crippen molar-refractivity contribution in [1.82, 2.24) is 0 Å². The number of rotatable bonds is 3. The molecule has 0 saturated heterocycles. The largest absolute Gasteiger partial charge is 0.399 e. The Morgan fingerprint density at radius 2 is 1.50 bits per heavy atom. The zero-order chi connectivity index (χ0) is 8.57. The second-order valence-electron chi connectivity index (χ2n) is 1.70. The van der Waals surface area contributed by atoms with Crippen molar-refractivity contribution in [3.8, 4) is 0 Å². The molecule has 0 bridgehead atoms. The number of nitrogens with two attached hydrogens (primary N) is 2. The zero-order valence-corrected chi connectivity index (χ0v) is 8.28. The Hall–Kier alpha value is 0.0569. The van der Waals surface area contributed by atoms with E-state index in [2.05, 4.69) is 5.73 Å². The van der Waals surface area contributed by atoms with Crippen LogP contribution in [0.4, 0.5) is 0 Å². The fourth-order valence-electron chi connectivity index (χ4n) is 0.526. The minimum absolute atomic E-state index is 0.0741. The first-order valence-electron chi connectivity index (χ1n) is 3.11. The van der Waals surface area contributed by atoms with Crippen LogP contribution >= 0.6 is 0 Å². The molecule has 0 fully saturated rings. The molecule has 5 heteroatoms. The second-order valence-corrected chi connectivity index (χ2v) is 4.43. The molecule has 0 amide bonds. The van der Waals surface area contributed by atoms with Crippen molar-refractivity contribution in [1.29, 1.82) is 0 Å². The van der Waals surface area contributed by atoms with E-state index in [0.29, 0.717) is 0 Å². The van der Waals surface area contributed by atoms with Gasteiger partial charge in [-0.3, -0.25) is 0 Å². The van der Waals surface area contributed by atoms with Crippen LogP contribution in [-0.2, 0) is 8.85 Å². The van der Waals surface area contributed by atoms with Gasteiger partial charge in [-0.1, -0.05) is 0 Å². The van der Waals surface area contributed by atoms with E-state index in [0.717, 1.165) is 0 Å². The van der Waals surface area contributed by atoms with Crippen molar-refractivity contribution in [3.05, 3.63) is 0 Å². The van der Waals surface area contributed by atoms with Gasteiger partial charge in [0.25, 0.3) is 0 Å². The van der Waals surface area contributed by atoms with Gasteiger partial charge in [0.05, 0.1) is 0 Å². The van der Waals surface area contributed by atoms with E-state index >= 15 is 0 Å². The molecule has 0 aromatic carbocycles. The Labute approximate surface area is 64.3 Å². The molecule has 1 atom stereocenters. The lowest BCUT2D eigenvalue weighted by atomic mass is 10.8. The van der Waals surface area contributed by atoms with E-state index in [1.165, 1.54) is 7.05 Å². The van der Waals surface area contributed by atoms with Crippen LogP contribution in [-0.4, -0.2) is 36.2 Å². The van der Waals surface area contributed by atoms with Crippen LogP contribution in [0.5, 0.6) is 0 Å². The summed E-state index contributed by atoms with van der Waals surface area (Å²) in [7, 11) is 3.27. The maximum Gasteiger partial charge on any atom is 0.337 e. The summed E-state index contributed by atoms with van der Waals surface area (Å²) >= 11 is 0. The van der Waals surface area contributed by atoms with Gasteiger partial charge in [0.1, 0.15) is 0 Å². The van der Waals surface area contributed by atoms with E-state index in [1.54, 1.807) is 14.2 Å². The van der Waals surface area contributed by atoms with Crippen LogP contribution in [0.3, 0.4) is 0 Å². The summed E-state index contributed by atoms with van der Waals surface area (Å²) in [6.45, 7) is 1.89. The minimum atomic E-state index is -1.49. The zero-order valence-electron chi connectivity index (χ0n) is 7.13. The molecule has 0 heterocycles. The first-order chi connectivity index (χ1) is 4.72. The fourth-order valence-corrected chi connectivity index (χ4v) is 1.58. The summed E-state index contributed by atoms with van der Waals surface area (Å²) in [5.74, 6) is 0. The van der Waals surface area contributed by atoms with E-state index in [9.17, 15) is 0 Å². The van der Waals surface area contributed by atoms with E-state index in [4.69, 9.17) is 14.6 Å². The summed E-state index contributed by atoms with van der Waals surface area (Å²) < 4.78 is 9.91. The van der Waals surface area contributed by atoms with Gasteiger partial charge in [-0.05, 0) is 14.0 Å². The molecule has 4 N–H and O–H groups in total.